The van der Waals surface area contributed by atoms with Crippen molar-refractivity contribution in [2.75, 3.05) is 6.61 Å². The number of halogens is 2. The fourth-order valence-electron chi connectivity index (χ4n) is 1.49. The number of hydrogen-bond acceptors (Lipinski definition) is 3. The SMILES string of the molecule is C=C(Oc1c(Br)cc(Br)cc1C(C)C)C(=O)OCC. The molecule has 1 aromatic rings. The molecule has 0 saturated carbocycles. The largest absolute Gasteiger partial charge is 0.460 e. The summed E-state index contributed by atoms with van der Waals surface area (Å²) in [5, 5.41) is 0. The molecule has 0 aliphatic heterocycles. The molecule has 0 fully saturated rings. The van der Waals surface area contributed by atoms with Gasteiger partial charge in [-0.15, -0.1) is 0 Å². The Balaban J connectivity index is 3.06. The molecule has 0 aromatic heterocycles. The predicted octanol–water partition coefficient (Wildman–Crippen LogP) is 4.79. The van der Waals surface area contributed by atoms with Gasteiger partial charge in [0.25, 0.3) is 0 Å². The third-order valence-corrected chi connectivity index (χ3v) is 3.43. The first-order chi connectivity index (χ1) is 8.86. The number of esters is 1. The lowest BCUT2D eigenvalue weighted by molar-refractivity contribution is -0.140. The molecule has 104 valence electrons. The molecule has 0 aliphatic carbocycles. The number of hydrogen-bond donors (Lipinski definition) is 0. The first kappa shape index (κ1) is 16.2. The van der Waals surface area contributed by atoms with E-state index in [1.165, 1.54) is 0 Å². The fourth-order valence-corrected chi connectivity index (χ4v) is 2.83. The lowest BCUT2D eigenvalue weighted by Crippen LogP contribution is -2.12. The minimum Gasteiger partial charge on any atom is -0.460 e. The third kappa shape index (κ3) is 4.35. The Labute approximate surface area is 130 Å². The molecule has 0 spiro atoms. The highest BCUT2D eigenvalue weighted by Gasteiger charge is 2.18. The molecule has 0 saturated heterocycles. The van der Waals surface area contributed by atoms with Crippen molar-refractivity contribution in [3.63, 3.8) is 0 Å². The van der Waals surface area contributed by atoms with E-state index >= 15 is 0 Å². The van der Waals surface area contributed by atoms with Gasteiger partial charge < -0.3 is 9.47 Å². The summed E-state index contributed by atoms with van der Waals surface area (Å²) < 4.78 is 12.1. The van der Waals surface area contributed by atoms with Crippen LogP contribution in [0.4, 0.5) is 0 Å². The van der Waals surface area contributed by atoms with Crippen LogP contribution in [0.2, 0.25) is 0 Å². The molecule has 0 unspecified atom stereocenters. The van der Waals surface area contributed by atoms with Gasteiger partial charge in [-0.2, -0.15) is 0 Å². The minimum absolute atomic E-state index is 0.0215. The van der Waals surface area contributed by atoms with Crippen molar-refractivity contribution in [3.8, 4) is 5.75 Å². The Kier molecular flexibility index (Phi) is 6.07. The molecular formula is C14H16Br2O3. The lowest BCUT2D eigenvalue weighted by atomic mass is 10.0. The summed E-state index contributed by atoms with van der Waals surface area (Å²) in [7, 11) is 0. The second-order valence-corrected chi connectivity index (χ2v) is 5.98. The van der Waals surface area contributed by atoms with Gasteiger partial charge in [0.15, 0.2) is 0 Å². The van der Waals surface area contributed by atoms with E-state index in [2.05, 4.69) is 38.4 Å². The molecule has 0 bridgehead atoms. The summed E-state index contributed by atoms with van der Waals surface area (Å²) in [5.41, 5.74) is 0.978. The van der Waals surface area contributed by atoms with E-state index in [9.17, 15) is 4.79 Å². The Morgan fingerprint density at radius 3 is 2.53 bits per heavy atom. The summed E-state index contributed by atoms with van der Waals surface area (Å²) in [4.78, 5) is 11.5. The van der Waals surface area contributed by atoms with E-state index in [0.29, 0.717) is 12.4 Å². The highest BCUT2D eigenvalue weighted by molar-refractivity contribution is 9.11. The van der Waals surface area contributed by atoms with Crippen LogP contribution in [0.5, 0.6) is 5.75 Å². The van der Waals surface area contributed by atoms with Crippen LogP contribution < -0.4 is 4.74 Å². The van der Waals surface area contributed by atoms with Crippen LogP contribution in [-0.2, 0) is 9.53 Å². The van der Waals surface area contributed by atoms with E-state index in [0.717, 1.165) is 14.5 Å². The van der Waals surface area contributed by atoms with Crippen molar-refractivity contribution < 1.29 is 14.3 Å². The second kappa shape index (κ2) is 7.10. The van der Waals surface area contributed by atoms with Gasteiger partial charge in [0.2, 0.25) is 5.76 Å². The van der Waals surface area contributed by atoms with Crippen molar-refractivity contribution in [2.45, 2.75) is 26.7 Å². The first-order valence-electron chi connectivity index (χ1n) is 5.89. The standard InChI is InChI=1S/C14H16Br2O3/c1-5-18-14(17)9(4)19-13-11(8(2)3)6-10(15)7-12(13)16/h6-8H,4-5H2,1-3H3. The third-order valence-electron chi connectivity index (χ3n) is 2.39. The van der Waals surface area contributed by atoms with Crippen LogP contribution in [0.15, 0.2) is 33.4 Å². The highest BCUT2D eigenvalue weighted by atomic mass is 79.9. The van der Waals surface area contributed by atoms with Crippen LogP contribution in [0.1, 0.15) is 32.3 Å². The normalized spacial score (nSPS) is 10.4. The molecule has 19 heavy (non-hydrogen) atoms. The summed E-state index contributed by atoms with van der Waals surface area (Å²) in [6.07, 6.45) is 0. The van der Waals surface area contributed by atoms with Crippen LogP contribution >= 0.6 is 31.9 Å². The van der Waals surface area contributed by atoms with Gasteiger partial charge in [0.1, 0.15) is 5.75 Å². The molecule has 1 rings (SSSR count). The molecule has 5 heteroatoms. The van der Waals surface area contributed by atoms with Gasteiger partial charge in [0, 0.05) is 4.47 Å². The van der Waals surface area contributed by atoms with E-state index in [-0.39, 0.29) is 11.7 Å². The van der Waals surface area contributed by atoms with Crippen molar-refractivity contribution in [2.24, 2.45) is 0 Å². The first-order valence-corrected chi connectivity index (χ1v) is 7.48. The average Bonchev–Trinajstić information content (AvgIpc) is 2.32. The molecule has 0 aliphatic rings. The second-order valence-electron chi connectivity index (χ2n) is 4.21. The van der Waals surface area contributed by atoms with Crippen molar-refractivity contribution >= 4 is 37.8 Å². The Hall–Kier alpha value is -0.810. The van der Waals surface area contributed by atoms with Gasteiger partial charge in [-0.05, 0) is 53.0 Å². The maximum absolute atomic E-state index is 11.5. The Bertz CT molecular complexity index is 496. The van der Waals surface area contributed by atoms with Gasteiger partial charge >= 0.3 is 5.97 Å². The number of carbonyl (C=O) groups excluding carboxylic acids is 1. The van der Waals surface area contributed by atoms with Crippen LogP contribution in [0.25, 0.3) is 0 Å². The summed E-state index contributed by atoms with van der Waals surface area (Å²) in [5.74, 6) is 0.272. The summed E-state index contributed by atoms with van der Waals surface area (Å²) in [6.45, 7) is 9.73. The highest BCUT2D eigenvalue weighted by Crippen LogP contribution is 2.37. The molecule has 0 radical (unpaired) electrons. The number of carbonyl (C=O) groups is 1. The van der Waals surface area contributed by atoms with Gasteiger partial charge in [-0.1, -0.05) is 29.8 Å². The zero-order valence-electron chi connectivity index (χ0n) is 11.1. The maximum Gasteiger partial charge on any atom is 0.373 e. The molecule has 1 aromatic carbocycles. The summed E-state index contributed by atoms with van der Waals surface area (Å²) >= 11 is 6.87. The van der Waals surface area contributed by atoms with E-state index in [1.54, 1.807) is 6.92 Å². The molecule has 0 amide bonds. The molecule has 3 nitrogen and oxygen atoms in total. The number of rotatable bonds is 5. The van der Waals surface area contributed by atoms with Gasteiger partial charge in [-0.25, -0.2) is 4.79 Å². The average molecular weight is 392 g/mol. The van der Waals surface area contributed by atoms with Crippen molar-refractivity contribution in [1.82, 2.24) is 0 Å². The predicted molar refractivity (Wildman–Crippen MR) is 82.3 cm³/mol. The zero-order valence-corrected chi connectivity index (χ0v) is 14.3. The fraction of sp³-hybridized carbons (Fsp3) is 0.357. The lowest BCUT2D eigenvalue weighted by Gasteiger charge is -2.16. The van der Waals surface area contributed by atoms with Gasteiger partial charge in [-0.3, -0.25) is 0 Å². The maximum atomic E-state index is 11.5. The minimum atomic E-state index is -0.549. The quantitative estimate of drug-likeness (QED) is 0.411. The van der Waals surface area contributed by atoms with Crippen molar-refractivity contribution in [3.05, 3.63) is 39.0 Å². The molecular weight excluding hydrogens is 376 g/mol. The van der Waals surface area contributed by atoms with Gasteiger partial charge in [0.05, 0.1) is 11.1 Å². The van der Waals surface area contributed by atoms with Crippen LogP contribution in [0, 0.1) is 0 Å². The summed E-state index contributed by atoms with van der Waals surface area (Å²) in [6, 6.07) is 3.82. The Morgan fingerprint density at radius 2 is 2.00 bits per heavy atom. The van der Waals surface area contributed by atoms with Crippen LogP contribution in [0.3, 0.4) is 0 Å². The smallest absolute Gasteiger partial charge is 0.373 e. The molecule has 0 heterocycles. The Morgan fingerprint density at radius 1 is 1.37 bits per heavy atom. The van der Waals surface area contributed by atoms with E-state index < -0.39 is 5.97 Å². The van der Waals surface area contributed by atoms with E-state index in [1.807, 2.05) is 26.0 Å². The van der Waals surface area contributed by atoms with Crippen LogP contribution in [-0.4, -0.2) is 12.6 Å². The molecule has 0 atom stereocenters. The monoisotopic (exact) mass is 390 g/mol. The van der Waals surface area contributed by atoms with E-state index in [4.69, 9.17) is 9.47 Å². The zero-order chi connectivity index (χ0) is 14.6. The molecule has 0 N–H and O–H groups in total. The number of ether oxygens (including phenoxy) is 2. The number of benzene rings is 1. The van der Waals surface area contributed by atoms with Crippen molar-refractivity contribution in [1.29, 1.82) is 0 Å². The topological polar surface area (TPSA) is 35.5 Å².